The van der Waals surface area contributed by atoms with Crippen molar-refractivity contribution in [2.45, 2.75) is 37.3 Å². The number of nitrogens with zero attached hydrogens (tertiary/aromatic N) is 9. The van der Waals surface area contributed by atoms with Crippen LogP contribution in [0.3, 0.4) is 0 Å². The number of aromatic nitrogens is 7. The summed E-state index contributed by atoms with van der Waals surface area (Å²) in [5.41, 5.74) is 7.52. The van der Waals surface area contributed by atoms with Crippen molar-refractivity contribution in [3.05, 3.63) is 60.8 Å². The van der Waals surface area contributed by atoms with Crippen LogP contribution in [-0.2, 0) is 22.1 Å². The highest BCUT2D eigenvalue weighted by Crippen LogP contribution is 2.55. The molecule has 0 bridgehead atoms. The van der Waals surface area contributed by atoms with Crippen LogP contribution in [0.25, 0.3) is 50.0 Å². The van der Waals surface area contributed by atoms with E-state index in [-0.39, 0.29) is 11.3 Å². The average Bonchev–Trinajstić information content (AvgIpc) is 3.53. The first-order valence-corrected chi connectivity index (χ1v) is 16.3. The number of halogens is 3. The minimum atomic E-state index is -5.08. The molecule has 13 nitrogen and oxygen atoms in total. The van der Waals surface area contributed by atoms with E-state index < -0.39 is 17.6 Å². The fourth-order valence-corrected chi connectivity index (χ4v) is 7.85. The number of likely N-dealkylation sites (N-methyl/N-ethyl adjacent to an activating group) is 1. The number of H-pyrrole nitrogens is 1. The molecule has 1 aromatic carbocycles. The maximum atomic E-state index is 14.3. The van der Waals surface area contributed by atoms with E-state index in [1.807, 2.05) is 49.6 Å². The van der Waals surface area contributed by atoms with Crippen molar-refractivity contribution in [2.24, 2.45) is 12.5 Å². The van der Waals surface area contributed by atoms with Gasteiger partial charge in [0.15, 0.2) is 5.65 Å². The summed E-state index contributed by atoms with van der Waals surface area (Å²) < 4.78 is 35.4. The highest BCUT2D eigenvalue weighted by molar-refractivity contribution is 6.17. The van der Waals surface area contributed by atoms with Crippen LogP contribution >= 0.6 is 0 Å². The number of benzene rings is 1. The number of anilines is 1. The topological polar surface area (TPSA) is 161 Å². The van der Waals surface area contributed by atoms with Gasteiger partial charge in [-0.15, -0.1) is 0 Å². The molecule has 1 unspecified atom stereocenters. The third kappa shape index (κ3) is 5.10. The van der Waals surface area contributed by atoms with Gasteiger partial charge in [-0.1, -0.05) is 6.07 Å². The number of likely N-dealkylation sites (tertiary alicyclic amines) is 1. The number of carboxylic acid groups (broad SMARTS) is 1. The number of hydrogen-bond acceptors (Lipinski definition) is 8. The van der Waals surface area contributed by atoms with Crippen LogP contribution in [-0.4, -0.2) is 89.1 Å². The number of nitriles is 1. The summed E-state index contributed by atoms with van der Waals surface area (Å²) >= 11 is 0. The van der Waals surface area contributed by atoms with Gasteiger partial charge in [-0.3, -0.25) is 9.48 Å². The van der Waals surface area contributed by atoms with E-state index in [4.69, 9.17) is 14.9 Å². The maximum Gasteiger partial charge on any atom is 0.490 e. The lowest BCUT2D eigenvalue weighted by Gasteiger charge is -2.26. The number of aromatic amines is 1. The minimum absolute atomic E-state index is 0.0757. The monoisotopic (exact) mass is 696 g/mol. The molecule has 5 aromatic heterocycles. The molecule has 2 N–H and O–H groups in total. The van der Waals surface area contributed by atoms with Gasteiger partial charge in [0.1, 0.15) is 5.65 Å². The Labute approximate surface area is 287 Å². The summed E-state index contributed by atoms with van der Waals surface area (Å²) in [7, 11) is 3.81. The second-order valence-electron chi connectivity index (χ2n) is 13.6. The fraction of sp³-hybridized carbons (Fsp3) is 0.343. The molecule has 260 valence electrons. The molecule has 51 heavy (non-hydrogen) atoms. The van der Waals surface area contributed by atoms with Gasteiger partial charge in [-0.05, 0) is 55.0 Å². The van der Waals surface area contributed by atoms with Crippen molar-refractivity contribution >= 4 is 45.1 Å². The van der Waals surface area contributed by atoms with Gasteiger partial charge in [0.05, 0.1) is 52.5 Å². The number of carboxylic acids is 1. The van der Waals surface area contributed by atoms with Crippen LogP contribution in [0.15, 0.2) is 55.2 Å². The van der Waals surface area contributed by atoms with Crippen molar-refractivity contribution < 1.29 is 27.9 Å². The van der Waals surface area contributed by atoms with Crippen LogP contribution in [0.5, 0.6) is 0 Å². The van der Waals surface area contributed by atoms with Crippen LogP contribution in [0, 0.1) is 16.7 Å². The lowest BCUT2D eigenvalue weighted by Crippen LogP contribution is -2.41. The Kier molecular flexibility index (Phi) is 7.21. The van der Waals surface area contributed by atoms with Crippen LogP contribution < -0.4 is 4.90 Å². The van der Waals surface area contributed by atoms with Gasteiger partial charge < -0.3 is 19.9 Å². The number of amides is 1. The summed E-state index contributed by atoms with van der Waals surface area (Å²) in [6, 6.07) is 10.6. The van der Waals surface area contributed by atoms with E-state index in [0.29, 0.717) is 13.0 Å². The Morgan fingerprint density at radius 1 is 1.12 bits per heavy atom. The molecule has 1 spiro atoms. The van der Waals surface area contributed by atoms with Crippen LogP contribution in [0.4, 0.5) is 18.9 Å². The molecule has 1 aliphatic carbocycles. The number of alkyl halides is 3. The SMILES string of the molecule is CN1C(=O)C2(CCN(CC3(CC#N)CC3)C2)c2c1cnc1[nH]c(-c3cnn4cccnc34)c(-c3ccc4c(cnn4C)c3)c21.O=C(O)C(F)(F)F. The molecular formula is C35H31F3N10O3. The molecule has 2 aliphatic heterocycles. The zero-order valence-corrected chi connectivity index (χ0v) is 27.6. The molecule has 0 radical (unpaired) electrons. The molecule has 1 saturated heterocycles. The van der Waals surface area contributed by atoms with Crippen molar-refractivity contribution in [3.8, 4) is 28.5 Å². The van der Waals surface area contributed by atoms with Crippen molar-refractivity contribution in [3.63, 3.8) is 0 Å². The highest BCUT2D eigenvalue weighted by atomic mass is 19.4. The summed E-state index contributed by atoms with van der Waals surface area (Å²) in [5.74, 6) is -2.64. The Bertz CT molecular complexity index is 2440. The number of pyridine rings is 1. The molecule has 1 amide bonds. The first-order valence-electron chi connectivity index (χ1n) is 16.3. The molecule has 1 atom stereocenters. The zero-order chi connectivity index (χ0) is 35.9. The number of aliphatic carboxylic acids is 1. The van der Waals surface area contributed by atoms with Crippen LogP contribution in [0.2, 0.25) is 0 Å². The first-order chi connectivity index (χ1) is 24.4. The molecule has 6 aromatic rings. The second kappa shape index (κ2) is 11.4. The molecule has 3 aliphatic rings. The summed E-state index contributed by atoms with van der Waals surface area (Å²) in [4.78, 5) is 40.6. The lowest BCUT2D eigenvalue weighted by atomic mass is 9.78. The number of carbonyl (C=O) groups excluding carboxylic acids is 1. The first kappa shape index (κ1) is 32.4. The van der Waals surface area contributed by atoms with Gasteiger partial charge in [0.2, 0.25) is 5.91 Å². The van der Waals surface area contributed by atoms with Crippen LogP contribution in [0.1, 0.15) is 31.2 Å². The minimum Gasteiger partial charge on any atom is -0.475 e. The number of rotatable bonds is 5. The van der Waals surface area contributed by atoms with E-state index in [1.165, 1.54) is 0 Å². The Balaban J connectivity index is 0.000000488. The predicted molar refractivity (Wildman–Crippen MR) is 180 cm³/mol. The number of hydrogen-bond donors (Lipinski definition) is 2. The van der Waals surface area contributed by atoms with Gasteiger partial charge in [-0.2, -0.15) is 28.6 Å². The molecular weight excluding hydrogens is 665 g/mol. The third-order valence-electron chi connectivity index (χ3n) is 10.5. The van der Waals surface area contributed by atoms with Gasteiger partial charge in [0.25, 0.3) is 0 Å². The molecule has 2 fully saturated rings. The summed E-state index contributed by atoms with van der Waals surface area (Å²) in [5, 5.41) is 27.6. The maximum absolute atomic E-state index is 14.3. The predicted octanol–water partition coefficient (Wildman–Crippen LogP) is 5.07. The van der Waals surface area contributed by atoms with Gasteiger partial charge in [0, 0.05) is 67.9 Å². The number of nitrogens with one attached hydrogen (secondary N) is 1. The Morgan fingerprint density at radius 2 is 1.90 bits per heavy atom. The Hall–Kier alpha value is -5.82. The van der Waals surface area contributed by atoms with E-state index in [2.05, 4.69) is 49.3 Å². The largest absolute Gasteiger partial charge is 0.490 e. The lowest BCUT2D eigenvalue weighted by molar-refractivity contribution is -0.192. The quantitative estimate of drug-likeness (QED) is 0.251. The molecule has 9 rings (SSSR count). The normalized spacial score (nSPS) is 19.5. The third-order valence-corrected chi connectivity index (χ3v) is 10.5. The number of fused-ring (bicyclic) bond motifs is 6. The fourth-order valence-electron chi connectivity index (χ4n) is 7.85. The smallest absolute Gasteiger partial charge is 0.475 e. The van der Waals surface area contributed by atoms with E-state index >= 15 is 0 Å². The van der Waals surface area contributed by atoms with E-state index in [9.17, 15) is 23.2 Å². The van der Waals surface area contributed by atoms with Crippen molar-refractivity contribution in [2.75, 3.05) is 31.6 Å². The van der Waals surface area contributed by atoms with Gasteiger partial charge in [-0.25, -0.2) is 19.3 Å². The molecule has 16 heteroatoms. The highest BCUT2D eigenvalue weighted by Gasteiger charge is 2.56. The van der Waals surface area contributed by atoms with Crippen molar-refractivity contribution in [1.29, 1.82) is 5.26 Å². The standard InChI is InChI=1S/C33H30N10O.C2HF3O2/c1-40-24-17-36-29-26(27(24)33(31(40)44)9-13-42(19-33)18-32(6-7-32)8-10-34)25(20-4-5-23-21(14-20)15-37-41(23)2)28(39-29)22-16-38-43-12-3-11-35-30(22)43;3-2(4,5)1(6)7/h3-5,11-12,14-17H,6-9,13,18-19H2,1-2H3,(H,36,39);(H,6,7). The Morgan fingerprint density at radius 3 is 2.63 bits per heavy atom. The van der Waals surface area contributed by atoms with Gasteiger partial charge >= 0.3 is 12.1 Å². The number of aryl methyl sites for hydroxylation is 1. The summed E-state index contributed by atoms with van der Waals surface area (Å²) in [6.45, 7) is 2.32. The average molecular weight is 697 g/mol. The van der Waals surface area contributed by atoms with Crippen molar-refractivity contribution in [1.82, 2.24) is 39.2 Å². The zero-order valence-electron chi connectivity index (χ0n) is 27.6. The van der Waals surface area contributed by atoms with E-state index in [0.717, 1.165) is 93.6 Å². The molecule has 1 saturated carbocycles. The second-order valence-corrected chi connectivity index (χ2v) is 13.6. The van der Waals surface area contributed by atoms with E-state index in [1.54, 1.807) is 15.6 Å². The molecule has 7 heterocycles. The number of carbonyl (C=O) groups is 2. The summed E-state index contributed by atoms with van der Waals surface area (Å²) in [6.07, 6.45) is 7.61.